The summed E-state index contributed by atoms with van der Waals surface area (Å²) < 4.78 is 5.11. The molecule has 7 nitrogen and oxygen atoms in total. The Kier molecular flexibility index (Phi) is 2.96. The van der Waals surface area contributed by atoms with Crippen molar-refractivity contribution < 1.29 is 9.45 Å². The van der Waals surface area contributed by atoms with E-state index in [1.54, 1.807) is 12.1 Å². The lowest BCUT2D eigenvalue weighted by Gasteiger charge is -1.95. The Morgan fingerprint density at radius 2 is 2.32 bits per heavy atom. The molecule has 98 valence electrons. The van der Waals surface area contributed by atoms with Crippen molar-refractivity contribution in [2.45, 2.75) is 25.4 Å². The van der Waals surface area contributed by atoms with E-state index in [9.17, 15) is 10.1 Å². The maximum atomic E-state index is 10.7. The number of hydrogen-bond acceptors (Lipinski definition) is 6. The Bertz CT molecular complexity index is 607. The van der Waals surface area contributed by atoms with Gasteiger partial charge < -0.3 is 9.84 Å². The normalized spacial score (nSPS) is 14.5. The molecule has 1 heterocycles. The van der Waals surface area contributed by atoms with Crippen LogP contribution in [0.3, 0.4) is 0 Å². The Labute approximate surface area is 108 Å². The van der Waals surface area contributed by atoms with Crippen LogP contribution in [-0.2, 0) is 6.54 Å². The molecule has 2 aromatic rings. The van der Waals surface area contributed by atoms with Gasteiger partial charge in [0.05, 0.1) is 11.5 Å². The van der Waals surface area contributed by atoms with Crippen LogP contribution in [0.2, 0.25) is 0 Å². The van der Waals surface area contributed by atoms with E-state index in [-0.39, 0.29) is 5.69 Å². The van der Waals surface area contributed by atoms with E-state index in [4.69, 9.17) is 4.52 Å². The minimum absolute atomic E-state index is 0.00774. The highest BCUT2D eigenvalue weighted by atomic mass is 16.6. The summed E-state index contributed by atoms with van der Waals surface area (Å²) >= 11 is 0. The SMILES string of the molecule is O=[N+]([O-])c1cccc(-c2nc(CNC3CC3)no2)c1. The molecule has 0 spiro atoms. The van der Waals surface area contributed by atoms with E-state index >= 15 is 0 Å². The molecule has 0 aliphatic heterocycles. The van der Waals surface area contributed by atoms with E-state index < -0.39 is 4.92 Å². The molecule has 1 aromatic heterocycles. The molecule has 0 saturated heterocycles. The van der Waals surface area contributed by atoms with Crippen LogP contribution in [0, 0.1) is 10.1 Å². The van der Waals surface area contributed by atoms with Crippen LogP contribution in [0.5, 0.6) is 0 Å². The zero-order valence-electron chi connectivity index (χ0n) is 10.1. The first-order valence-electron chi connectivity index (χ1n) is 6.03. The van der Waals surface area contributed by atoms with Crippen molar-refractivity contribution in [3.05, 3.63) is 40.2 Å². The lowest BCUT2D eigenvalue weighted by atomic mass is 10.2. The molecule has 1 saturated carbocycles. The first-order chi connectivity index (χ1) is 9.22. The number of benzene rings is 1. The first-order valence-corrected chi connectivity index (χ1v) is 6.03. The summed E-state index contributed by atoms with van der Waals surface area (Å²) in [6.07, 6.45) is 2.38. The fraction of sp³-hybridized carbons (Fsp3) is 0.333. The van der Waals surface area contributed by atoms with Crippen LogP contribution in [0.25, 0.3) is 11.5 Å². The van der Waals surface area contributed by atoms with Crippen molar-refractivity contribution in [1.82, 2.24) is 15.5 Å². The molecule has 1 fully saturated rings. The van der Waals surface area contributed by atoms with Crippen molar-refractivity contribution >= 4 is 5.69 Å². The second-order valence-electron chi connectivity index (χ2n) is 4.48. The summed E-state index contributed by atoms with van der Waals surface area (Å²) in [6.45, 7) is 0.559. The molecule has 1 aliphatic carbocycles. The second-order valence-corrected chi connectivity index (χ2v) is 4.48. The Morgan fingerprint density at radius 1 is 1.47 bits per heavy atom. The number of nitrogens with one attached hydrogen (secondary N) is 1. The average molecular weight is 260 g/mol. The highest BCUT2D eigenvalue weighted by Gasteiger charge is 2.21. The number of nitro groups is 1. The van der Waals surface area contributed by atoms with Gasteiger partial charge in [-0.2, -0.15) is 4.98 Å². The van der Waals surface area contributed by atoms with E-state index in [2.05, 4.69) is 15.5 Å². The Hall–Kier alpha value is -2.28. The van der Waals surface area contributed by atoms with Crippen LogP contribution in [0.1, 0.15) is 18.7 Å². The average Bonchev–Trinajstić information content (AvgIpc) is 3.13. The smallest absolute Gasteiger partial charge is 0.270 e. The third kappa shape index (κ3) is 2.76. The topological polar surface area (TPSA) is 94.1 Å². The highest BCUT2D eigenvalue weighted by molar-refractivity contribution is 5.57. The van der Waals surface area contributed by atoms with Gasteiger partial charge in [0.2, 0.25) is 0 Å². The molecule has 3 rings (SSSR count). The molecule has 1 aliphatic rings. The van der Waals surface area contributed by atoms with Gasteiger partial charge in [-0.1, -0.05) is 11.2 Å². The van der Waals surface area contributed by atoms with E-state index in [0.717, 1.165) is 0 Å². The number of non-ortho nitro benzene ring substituents is 1. The van der Waals surface area contributed by atoms with Gasteiger partial charge in [0.25, 0.3) is 11.6 Å². The number of nitro benzene ring substituents is 1. The predicted octanol–water partition coefficient (Wildman–Crippen LogP) is 1.90. The lowest BCUT2D eigenvalue weighted by molar-refractivity contribution is -0.384. The van der Waals surface area contributed by atoms with Crippen LogP contribution < -0.4 is 5.32 Å². The molecule has 19 heavy (non-hydrogen) atoms. The van der Waals surface area contributed by atoms with E-state index in [0.29, 0.717) is 29.9 Å². The molecular weight excluding hydrogens is 248 g/mol. The van der Waals surface area contributed by atoms with Gasteiger partial charge in [-0.25, -0.2) is 0 Å². The Balaban J connectivity index is 1.77. The molecule has 1 N–H and O–H groups in total. The first kappa shape index (κ1) is 11.8. The van der Waals surface area contributed by atoms with E-state index in [1.165, 1.54) is 25.0 Å². The maximum Gasteiger partial charge on any atom is 0.270 e. The quantitative estimate of drug-likeness (QED) is 0.651. The molecule has 0 atom stereocenters. The molecule has 0 unspecified atom stereocenters. The molecule has 0 radical (unpaired) electrons. The predicted molar refractivity (Wildman–Crippen MR) is 66.3 cm³/mol. The molecule has 1 aromatic carbocycles. The number of nitrogens with zero attached hydrogens (tertiary/aromatic N) is 3. The summed E-state index contributed by atoms with van der Waals surface area (Å²) in [5.41, 5.74) is 0.563. The number of rotatable bonds is 5. The van der Waals surface area contributed by atoms with Gasteiger partial charge >= 0.3 is 0 Å². The van der Waals surface area contributed by atoms with Gasteiger partial charge in [-0.15, -0.1) is 0 Å². The Morgan fingerprint density at radius 3 is 3.05 bits per heavy atom. The maximum absolute atomic E-state index is 10.7. The zero-order valence-corrected chi connectivity index (χ0v) is 10.1. The summed E-state index contributed by atoms with van der Waals surface area (Å²) in [5, 5.41) is 17.8. The van der Waals surface area contributed by atoms with Crippen molar-refractivity contribution in [3.8, 4) is 11.5 Å². The van der Waals surface area contributed by atoms with Gasteiger partial charge in [0.1, 0.15) is 0 Å². The number of hydrogen-bond donors (Lipinski definition) is 1. The number of aromatic nitrogens is 2. The fourth-order valence-electron chi connectivity index (χ4n) is 1.72. The van der Waals surface area contributed by atoms with Crippen molar-refractivity contribution in [2.75, 3.05) is 0 Å². The van der Waals surface area contributed by atoms with Crippen LogP contribution in [-0.4, -0.2) is 21.1 Å². The summed E-state index contributed by atoms with van der Waals surface area (Å²) in [7, 11) is 0. The largest absolute Gasteiger partial charge is 0.334 e. The fourth-order valence-corrected chi connectivity index (χ4v) is 1.72. The third-order valence-corrected chi connectivity index (χ3v) is 2.90. The van der Waals surface area contributed by atoms with Crippen LogP contribution in [0.4, 0.5) is 5.69 Å². The van der Waals surface area contributed by atoms with Crippen LogP contribution in [0.15, 0.2) is 28.8 Å². The van der Waals surface area contributed by atoms with Crippen molar-refractivity contribution in [2.24, 2.45) is 0 Å². The minimum atomic E-state index is -0.449. The summed E-state index contributed by atoms with van der Waals surface area (Å²) in [4.78, 5) is 14.5. The van der Waals surface area contributed by atoms with Gasteiger partial charge in [-0.05, 0) is 18.9 Å². The third-order valence-electron chi connectivity index (χ3n) is 2.90. The summed E-state index contributed by atoms with van der Waals surface area (Å²) in [6, 6.07) is 6.72. The van der Waals surface area contributed by atoms with Crippen LogP contribution >= 0.6 is 0 Å². The van der Waals surface area contributed by atoms with Gasteiger partial charge in [-0.3, -0.25) is 10.1 Å². The minimum Gasteiger partial charge on any atom is -0.334 e. The highest BCUT2D eigenvalue weighted by Crippen LogP contribution is 2.23. The van der Waals surface area contributed by atoms with Gasteiger partial charge in [0.15, 0.2) is 5.82 Å². The van der Waals surface area contributed by atoms with Crippen molar-refractivity contribution in [1.29, 1.82) is 0 Å². The molecule has 0 amide bonds. The molecule has 7 heteroatoms. The zero-order chi connectivity index (χ0) is 13.2. The molecule has 0 bridgehead atoms. The standard InChI is InChI=1S/C12H12N4O3/c17-16(18)10-3-1-2-8(6-10)12-14-11(15-19-12)7-13-9-4-5-9/h1-3,6,9,13H,4-5,7H2. The van der Waals surface area contributed by atoms with Gasteiger partial charge in [0, 0.05) is 23.7 Å². The summed E-state index contributed by atoms with van der Waals surface area (Å²) in [5.74, 6) is 0.865. The molecular formula is C12H12N4O3. The monoisotopic (exact) mass is 260 g/mol. The van der Waals surface area contributed by atoms with Crippen molar-refractivity contribution in [3.63, 3.8) is 0 Å². The lowest BCUT2D eigenvalue weighted by Crippen LogP contribution is -2.16. The van der Waals surface area contributed by atoms with E-state index in [1.807, 2.05) is 0 Å². The second kappa shape index (κ2) is 4.77.